The van der Waals surface area contributed by atoms with E-state index in [0.29, 0.717) is 43.8 Å². The molecule has 11 heteroatoms. The highest BCUT2D eigenvalue weighted by atomic mass is 79.9. The third-order valence-corrected chi connectivity index (χ3v) is 8.10. The average Bonchev–Trinajstić information content (AvgIpc) is 3.13. The van der Waals surface area contributed by atoms with Gasteiger partial charge in [-0.1, -0.05) is 57.3 Å². The molecule has 3 aromatic carbocycles. The smallest absolute Gasteiger partial charge is 0.293 e. The highest BCUT2D eigenvalue weighted by Gasteiger charge is 2.36. The normalized spacial score (nSPS) is 14.3. The summed E-state index contributed by atoms with van der Waals surface area (Å²) >= 11 is 19.7. The van der Waals surface area contributed by atoms with E-state index in [-0.39, 0.29) is 23.8 Å². The predicted molar refractivity (Wildman–Crippen MR) is 157 cm³/mol. The van der Waals surface area contributed by atoms with Gasteiger partial charge < -0.3 is 9.47 Å². The number of Topliss-reactive ketones (excluding diaryl/α,β-unsaturated/α-hetero) is 1. The van der Waals surface area contributed by atoms with Crippen molar-refractivity contribution in [2.75, 3.05) is 13.2 Å². The first-order valence-corrected chi connectivity index (χ1v) is 14.4. The molecule has 0 spiro atoms. The molecule has 0 atom stereocenters. The molecule has 0 radical (unpaired) electrons. The minimum atomic E-state index is -0.528. The Morgan fingerprint density at radius 1 is 1.00 bits per heavy atom. The molecule has 0 aromatic heterocycles. The summed E-state index contributed by atoms with van der Waals surface area (Å²) in [5, 5.41) is 0.384. The van der Waals surface area contributed by atoms with Crippen molar-refractivity contribution in [1.82, 2.24) is 4.90 Å². The van der Waals surface area contributed by atoms with Crippen LogP contribution in [0.5, 0.6) is 11.5 Å². The van der Waals surface area contributed by atoms with Gasteiger partial charge in [0.05, 0.1) is 32.6 Å². The molecule has 0 N–H and O–H groups in total. The van der Waals surface area contributed by atoms with Crippen LogP contribution in [0.25, 0.3) is 6.08 Å². The van der Waals surface area contributed by atoms with E-state index in [0.717, 1.165) is 26.7 Å². The largest absolute Gasteiger partial charge is 0.490 e. The third kappa shape index (κ3) is 6.82. The summed E-state index contributed by atoms with van der Waals surface area (Å²) < 4.78 is 13.2. The first-order valence-electron chi connectivity index (χ1n) is 11.2. The van der Waals surface area contributed by atoms with Gasteiger partial charge in [-0.2, -0.15) is 0 Å². The molecule has 0 bridgehead atoms. The Morgan fingerprint density at radius 2 is 1.74 bits per heavy atom. The van der Waals surface area contributed by atoms with Crippen LogP contribution in [0.3, 0.4) is 0 Å². The standard InChI is InChI=1S/C27H19Br2Cl2NO5S/c1-2-36-23-11-16(9-19(29)25(23)37-14-15-3-8-20(30)21(31)10-15)12-24-26(34)32(27(35)38-24)13-22(33)17-4-6-18(28)7-5-17/h3-12H,2,13-14H2,1H3/b24-12+. The molecule has 1 fully saturated rings. The van der Waals surface area contributed by atoms with Crippen molar-refractivity contribution in [3.05, 3.63) is 95.2 Å². The molecule has 2 amide bonds. The summed E-state index contributed by atoms with van der Waals surface area (Å²) in [4.78, 5) is 39.3. The lowest BCUT2D eigenvalue weighted by Crippen LogP contribution is -2.33. The minimum Gasteiger partial charge on any atom is -0.490 e. The van der Waals surface area contributed by atoms with E-state index >= 15 is 0 Å². The first-order chi connectivity index (χ1) is 18.2. The summed E-state index contributed by atoms with van der Waals surface area (Å²) in [5.74, 6) is 0.0755. The van der Waals surface area contributed by atoms with E-state index < -0.39 is 11.1 Å². The maximum Gasteiger partial charge on any atom is 0.293 e. The molecule has 3 aromatic rings. The Bertz CT molecular complexity index is 1450. The number of amides is 2. The molecule has 1 heterocycles. The van der Waals surface area contributed by atoms with E-state index in [1.54, 1.807) is 54.6 Å². The van der Waals surface area contributed by atoms with Crippen LogP contribution in [0.2, 0.25) is 10.0 Å². The number of halogens is 4. The summed E-state index contributed by atoms with van der Waals surface area (Å²) in [6.45, 7) is 2.12. The first kappa shape index (κ1) is 28.7. The summed E-state index contributed by atoms with van der Waals surface area (Å²) in [5.41, 5.74) is 1.86. The fraction of sp³-hybridized carbons (Fsp3) is 0.148. The molecule has 0 aliphatic carbocycles. The molecule has 196 valence electrons. The molecule has 38 heavy (non-hydrogen) atoms. The maximum absolute atomic E-state index is 13.0. The van der Waals surface area contributed by atoms with Crippen molar-refractivity contribution in [3.63, 3.8) is 0 Å². The van der Waals surface area contributed by atoms with Crippen LogP contribution in [0.4, 0.5) is 4.79 Å². The number of hydrogen-bond donors (Lipinski definition) is 0. The van der Waals surface area contributed by atoms with Crippen LogP contribution < -0.4 is 9.47 Å². The van der Waals surface area contributed by atoms with Gasteiger partial charge in [0.25, 0.3) is 11.1 Å². The topological polar surface area (TPSA) is 72.9 Å². The van der Waals surface area contributed by atoms with Crippen molar-refractivity contribution in [3.8, 4) is 11.5 Å². The molecular weight excluding hydrogens is 681 g/mol. The van der Waals surface area contributed by atoms with Gasteiger partial charge >= 0.3 is 0 Å². The third-order valence-electron chi connectivity index (χ3n) is 5.34. The van der Waals surface area contributed by atoms with Crippen molar-refractivity contribution in [2.24, 2.45) is 0 Å². The second kappa shape index (κ2) is 12.7. The zero-order chi connectivity index (χ0) is 27.4. The number of rotatable bonds is 9. The van der Waals surface area contributed by atoms with E-state index in [1.807, 2.05) is 13.0 Å². The van der Waals surface area contributed by atoms with E-state index in [9.17, 15) is 14.4 Å². The number of nitrogens with zero attached hydrogens (tertiary/aromatic N) is 1. The lowest BCUT2D eigenvalue weighted by Gasteiger charge is -2.15. The molecular formula is C27H19Br2Cl2NO5S. The minimum absolute atomic E-state index is 0.206. The lowest BCUT2D eigenvalue weighted by molar-refractivity contribution is -0.122. The number of ether oxygens (including phenoxy) is 2. The number of carbonyl (C=O) groups is 3. The van der Waals surface area contributed by atoms with Gasteiger partial charge in [-0.15, -0.1) is 0 Å². The molecule has 0 saturated carbocycles. The van der Waals surface area contributed by atoms with Gasteiger partial charge in [0, 0.05) is 10.0 Å². The number of ketones is 1. The van der Waals surface area contributed by atoms with E-state index in [4.69, 9.17) is 32.7 Å². The Hall–Kier alpha value is -2.30. The molecule has 1 saturated heterocycles. The molecule has 0 unspecified atom stereocenters. The maximum atomic E-state index is 13.0. The van der Waals surface area contributed by atoms with E-state index in [1.165, 1.54) is 0 Å². The second-order valence-corrected chi connectivity index (χ2v) is 11.6. The Kier molecular flexibility index (Phi) is 9.59. The van der Waals surface area contributed by atoms with Gasteiger partial charge in [-0.25, -0.2) is 0 Å². The van der Waals surface area contributed by atoms with Gasteiger partial charge in [-0.3, -0.25) is 19.3 Å². The fourth-order valence-electron chi connectivity index (χ4n) is 3.52. The highest BCUT2D eigenvalue weighted by Crippen LogP contribution is 2.40. The monoisotopic (exact) mass is 697 g/mol. The van der Waals surface area contributed by atoms with Gasteiger partial charge in [-0.05, 0) is 88.2 Å². The Morgan fingerprint density at radius 3 is 2.42 bits per heavy atom. The number of benzene rings is 3. The number of carbonyl (C=O) groups excluding carboxylic acids is 3. The van der Waals surface area contributed by atoms with E-state index in [2.05, 4.69) is 31.9 Å². The zero-order valence-electron chi connectivity index (χ0n) is 19.8. The Balaban J connectivity index is 1.53. The van der Waals surface area contributed by atoms with Gasteiger partial charge in [0.15, 0.2) is 17.3 Å². The zero-order valence-corrected chi connectivity index (χ0v) is 25.3. The molecule has 4 rings (SSSR count). The van der Waals surface area contributed by atoms with Gasteiger partial charge in [0.2, 0.25) is 0 Å². The van der Waals surface area contributed by atoms with Crippen molar-refractivity contribution in [1.29, 1.82) is 0 Å². The fourth-order valence-corrected chi connectivity index (χ4v) is 5.52. The SMILES string of the molecule is CCOc1cc(/C=C2/SC(=O)N(CC(=O)c3ccc(Br)cc3)C2=O)cc(Br)c1OCc1ccc(Cl)c(Cl)c1. The quantitative estimate of drug-likeness (QED) is 0.165. The average molecular weight is 700 g/mol. The van der Waals surface area contributed by atoms with Crippen molar-refractivity contribution < 1.29 is 23.9 Å². The second-order valence-electron chi connectivity index (χ2n) is 8.00. The number of thioether (sulfide) groups is 1. The van der Waals surface area contributed by atoms with Crippen LogP contribution >= 0.6 is 66.8 Å². The summed E-state index contributed by atoms with van der Waals surface area (Å²) in [6.07, 6.45) is 1.59. The van der Waals surface area contributed by atoms with Crippen LogP contribution in [-0.4, -0.2) is 35.0 Å². The summed E-state index contributed by atoms with van der Waals surface area (Å²) in [7, 11) is 0. The Labute approximate surface area is 250 Å². The molecule has 1 aliphatic heterocycles. The van der Waals surface area contributed by atoms with Crippen molar-refractivity contribution >= 4 is 89.8 Å². The van der Waals surface area contributed by atoms with Crippen LogP contribution in [0.15, 0.2) is 68.4 Å². The lowest BCUT2D eigenvalue weighted by atomic mass is 10.1. The van der Waals surface area contributed by atoms with Crippen LogP contribution in [-0.2, 0) is 11.4 Å². The van der Waals surface area contributed by atoms with Crippen molar-refractivity contribution in [2.45, 2.75) is 13.5 Å². The highest BCUT2D eigenvalue weighted by molar-refractivity contribution is 9.10. The number of hydrogen-bond acceptors (Lipinski definition) is 6. The summed E-state index contributed by atoms with van der Waals surface area (Å²) in [6, 6.07) is 15.5. The molecule has 6 nitrogen and oxygen atoms in total. The van der Waals surface area contributed by atoms with Crippen LogP contribution in [0, 0.1) is 0 Å². The number of imide groups is 1. The predicted octanol–water partition coefficient (Wildman–Crippen LogP) is 8.42. The molecule has 1 aliphatic rings. The van der Waals surface area contributed by atoms with Crippen LogP contribution in [0.1, 0.15) is 28.4 Å². The van der Waals surface area contributed by atoms with Gasteiger partial charge in [0.1, 0.15) is 6.61 Å².